The van der Waals surface area contributed by atoms with Crippen molar-refractivity contribution in [1.29, 1.82) is 0 Å². The van der Waals surface area contributed by atoms with E-state index >= 15 is 0 Å². The first-order valence-corrected chi connectivity index (χ1v) is 9.41. The maximum atomic E-state index is 13.1. The minimum Gasteiger partial charge on any atom is -0.484 e. The number of aryl methyl sites for hydroxylation is 1. The number of benzene rings is 2. The van der Waals surface area contributed by atoms with E-state index in [0.29, 0.717) is 12.4 Å². The van der Waals surface area contributed by atoms with Crippen molar-refractivity contribution in [3.8, 4) is 5.75 Å². The van der Waals surface area contributed by atoms with Crippen LogP contribution in [0.25, 0.3) is 0 Å². The molecule has 0 saturated carbocycles. The number of hydrogen-bond donors (Lipinski definition) is 0. The summed E-state index contributed by atoms with van der Waals surface area (Å²) in [5.74, 6) is -0.353. The second-order valence-electron chi connectivity index (χ2n) is 6.28. The van der Waals surface area contributed by atoms with Crippen LogP contribution in [0.15, 0.2) is 48.5 Å². The topological polar surface area (TPSA) is 55.8 Å². The largest absolute Gasteiger partial charge is 0.484 e. The van der Waals surface area contributed by atoms with Crippen LogP contribution in [0, 0.1) is 5.82 Å². The molecule has 5 nitrogen and oxygen atoms in total. The first kappa shape index (κ1) is 21.4. The van der Waals surface area contributed by atoms with Crippen molar-refractivity contribution >= 4 is 11.9 Å². The van der Waals surface area contributed by atoms with Gasteiger partial charge in [-0.2, -0.15) is 0 Å². The van der Waals surface area contributed by atoms with Crippen LogP contribution in [-0.4, -0.2) is 36.5 Å². The molecule has 0 heterocycles. The summed E-state index contributed by atoms with van der Waals surface area (Å²) in [6.07, 6.45) is 1.02. The van der Waals surface area contributed by atoms with Crippen LogP contribution < -0.4 is 4.74 Å². The Hall–Kier alpha value is -2.89. The highest BCUT2D eigenvalue weighted by molar-refractivity contribution is 5.78. The Morgan fingerprint density at radius 1 is 0.964 bits per heavy atom. The third-order valence-electron chi connectivity index (χ3n) is 4.22. The molecule has 150 valence electrons. The Morgan fingerprint density at radius 3 is 2.21 bits per heavy atom. The zero-order chi connectivity index (χ0) is 20.4. The Kier molecular flexibility index (Phi) is 8.46. The van der Waals surface area contributed by atoms with Gasteiger partial charge in [-0.1, -0.05) is 31.2 Å². The highest BCUT2D eigenvalue weighted by Gasteiger charge is 2.17. The van der Waals surface area contributed by atoms with Gasteiger partial charge in [-0.15, -0.1) is 0 Å². The van der Waals surface area contributed by atoms with Crippen molar-refractivity contribution in [2.24, 2.45) is 0 Å². The molecule has 1 amide bonds. The van der Waals surface area contributed by atoms with Crippen LogP contribution in [0.3, 0.4) is 0 Å². The number of carbonyl (C=O) groups is 2. The molecule has 6 heteroatoms. The smallest absolute Gasteiger partial charge is 0.307 e. The standard InChI is InChI=1S/C22H26FNO4/c1-3-17-7-11-20(12-8-17)28-16-21(25)24(14-13-22(26)27-4-2)15-18-5-9-19(23)10-6-18/h5-12H,3-4,13-16H2,1-2H3. The predicted octanol–water partition coefficient (Wildman–Crippen LogP) is 3.75. The van der Waals surface area contributed by atoms with E-state index < -0.39 is 0 Å². The number of ether oxygens (including phenoxy) is 2. The number of amides is 1. The Balaban J connectivity index is 1.99. The highest BCUT2D eigenvalue weighted by atomic mass is 19.1. The highest BCUT2D eigenvalue weighted by Crippen LogP contribution is 2.13. The lowest BCUT2D eigenvalue weighted by Gasteiger charge is -2.22. The molecule has 0 aliphatic rings. The summed E-state index contributed by atoms with van der Waals surface area (Å²) in [5, 5.41) is 0. The van der Waals surface area contributed by atoms with Crippen molar-refractivity contribution in [1.82, 2.24) is 4.90 Å². The van der Waals surface area contributed by atoms with Crippen molar-refractivity contribution < 1.29 is 23.5 Å². The molecule has 0 unspecified atom stereocenters. The number of hydrogen-bond acceptors (Lipinski definition) is 4. The molecular weight excluding hydrogens is 361 g/mol. The molecule has 0 atom stereocenters. The minimum absolute atomic E-state index is 0.0893. The summed E-state index contributed by atoms with van der Waals surface area (Å²) in [7, 11) is 0. The van der Waals surface area contributed by atoms with Crippen LogP contribution in [0.2, 0.25) is 0 Å². The second-order valence-corrected chi connectivity index (χ2v) is 6.28. The van der Waals surface area contributed by atoms with Crippen LogP contribution in [0.5, 0.6) is 5.75 Å². The van der Waals surface area contributed by atoms with Crippen molar-refractivity contribution in [2.45, 2.75) is 33.2 Å². The van der Waals surface area contributed by atoms with E-state index in [1.807, 2.05) is 24.3 Å². The number of halogens is 1. The molecule has 0 radical (unpaired) electrons. The Morgan fingerprint density at radius 2 is 1.61 bits per heavy atom. The molecule has 2 rings (SSSR count). The second kappa shape index (κ2) is 11.1. The molecule has 0 N–H and O–H groups in total. The van der Waals surface area contributed by atoms with Gasteiger partial charge >= 0.3 is 5.97 Å². The van der Waals surface area contributed by atoms with Crippen molar-refractivity contribution in [3.05, 3.63) is 65.5 Å². The van der Waals surface area contributed by atoms with Crippen LogP contribution >= 0.6 is 0 Å². The molecule has 28 heavy (non-hydrogen) atoms. The molecule has 0 spiro atoms. The summed E-state index contributed by atoms with van der Waals surface area (Å²) in [4.78, 5) is 25.8. The quantitative estimate of drug-likeness (QED) is 0.583. The fourth-order valence-electron chi connectivity index (χ4n) is 2.62. The van der Waals surface area contributed by atoms with E-state index in [2.05, 4.69) is 6.92 Å². The van der Waals surface area contributed by atoms with Gasteiger partial charge in [-0.25, -0.2) is 4.39 Å². The monoisotopic (exact) mass is 387 g/mol. The van der Waals surface area contributed by atoms with Gasteiger partial charge in [0.2, 0.25) is 0 Å². The first-order chi connectivity index (χ1) is 13.5. The maximum absolute atomic E-state index is 13.1. The van der Waals surface area contributed by atoms with Crippen molar-refractivity contribution in [3.63, 3.8) is 0 Å². The van der Waals surface area contributed by atoms with Gasteiger partial charge in [0, 0.05) is 13.1 Å². The lowest BCUT2D eigenvalue weighted by atomic mass is 10.2. The van der Waals surface area contributed by atoms with Crippen LogP contribution in [0.4, 0.5) is 4.39 Å². The summed E-state index contributed by atoms with van der Waals surface area (Å²) in [5.41, 5.74) is 1.96. The number of esters is 1. The normalized spacial score (nSPS) is 10.4. The molecule has 0 bridgehead atoms. The SMILES string of the molecule is CCOC(=O)CCN(Cc1ccc(F)cc1)C(=O)COc1ccc(CC)cc1. The summed E-state index contributed by atoms with van der Waals surface area (Å²) < 4.78 is 23.6. The van der Waals surface area contributed by atoms with Gasteiger partial charge in [-0.3, -0.25) is 9.59 Å². The van der Waals surface area contributed by atoms with Gasteiger partial charge in [0.25, 0.3) is 5.91 Å². The summed E-state index contributed by atoms with van der Waals surface area (Å²) in [6, 6.07) is 13.5. The summed E-state index contributed by atoms with van der Waals surface area (Å²) >= 11 is 0. The number of rotatable bonds is 10. The van der Waals surface area contributed by atoms with Gasteiger partial charge in [0.1, 0.15) is 11.6 Å². The average Bonchev–Trinajstić information content (AvgIpc) is 2.71. The van der Waals surface area contributed by atoms with Gasteiger partial charge < -0.3 is 14.4 Å². The molecule has 0 saturated heterocycles. The third-order valence-corrected chi connectivity index (χ3v) is 4.22. The van der Waals surface area contributed by atoms with Gasteiger partial charge in [0.15, 0.2) is 6.61 Å². The molecular formula is C22H26FNO4. The molecule has 0 aromatic heterocycles. The number of nitrogens with zero attached hydrogens (tertiary/aromatic N) is 1. The lowest BCUT2D eigenvalue weighted by Crippen LogP contribution is -2.36. The van der Waals surface area contributed by atoms with Gasteiger partial charge in [0.05, 0.1) is 13.0 Å². The molecule has 0 aliphatic carbocycles. The Labute approximate surface area is 165 Å². The molecule has 0 fully saturated rings. The average molecular weight is 387 g/mol. The molecule has 2 aromatic carbocycles. The number of carbonyl (C=O) groups excluding carboxylic acids is 2. The molecule has 2 aromatic rings. The lowest BCUT2D eigenvalue weighted by molar-refractivity contribution is -0.144. The minimum atomic E-state index is -0.365. The zero-order valence-electron chi connectivity index (χ0n) is 16.3. The zero-order valence-corrected chi connectivity index (χ0v) is 16.3. The first-order valence-electron chi connectivity index (χ1n) is 9.41. The van der Waals surface area contributed by atoms with E-state index in [0.717, 1.165) is 12.0 Å². The van der Waals surface area contributed by atoms with Crippen LogP contribution in [0.1, 0.15) is 31.4 Å². The van der Waals surface area contributed by atoms with E-state index in [1.54, 1.807) is 19.1 Å². The predicted molar refractivity (Wildman–Crippen MR) is 104 cm³/mol. The van der Waals surface area contributed by atoms with E-state index in [-0.39, 0.29) is 43.8 Å². The molecule has 0 aliphatic heterocycles. The van der Waals surface area contributed by atoms with Crippen LogP contribution in [-0.2, 0) is 27.3 Å². The van der Waals surface area contributed by atoms with Gasteiger partial charge in [-0.05, 0) is 48.7 Å². The third kappa shape index (κ3) is 7.02. The van der Waals surface area contributed by atoms with E-state index in [9.17, 15) is 14.0 Å². The fourth-order valence-corrected chi connectivity index (χ4v) is 2.62. The van der Waals surface area contributed by atoms with Crippen molar-refractivity contribution in [2.75, 3.05) is 19.8 Å². The van der Waals surface area contributed by atoms with E-state index in [4.69, 9.17) is 9.47 Å². The fraction of sp³-hybridized carbons (Fsp3) is 0.364. The van der Waals surface area contributed by atoms with E-state index in [1.165, 1.54) is 22.6 Å². The summed E-state index contributed by atoms with van der Waals surface area (Å²) in [6.45, 7) is 4.41. The maximum Gasteiger partial charge on any atom is 0.307 e. The Bertz CT molecular complexity index is 759.